The largest absolute Gasteiger partial charge is 0.387 e. The third-order valence-electron chi connectivity index (χ3n) is 11.4. The fraction of sp³-hybridized carbons (Fsp3) is 0.600. The standard InChI is InChI=1S/C35H44N2O2/c1-22(2)32-14-33(27-10-23(3)29(38-20-36)24(4)11-27)16-34(15-32,19-35(17-32,18-33)31(7,8)9)28-12-25(5)30(39-21-37)26(6)13-28/h10-13,22H,14-19H2,1-9H3. The molecule has 0 aromatic heterocycles. The van der Waals surface area contributed by atoms with Crippen LogP contribution in [0, 0.1) is 72.9 Å². The van der Waals surface area contributed by atoms with Gasteiger partial charge in [0.05, 0.1) is 0 Å². The smallest absolute Gasteiger partial charge is 0.292 e. The molecule has 4 fully saturated rings. The lowest BCUT2D eigenvalue weighted by atomic mass is 9.29. The molecule has 0 N–H and O–H groups in total. The van der Waals surface area contributed by atoms with Crippen molar-refractivity contribution in [1.82, 2.24) is 0 Å². The van der Waals surface area contributed by atoms with Crippen LogP contribution in [-0.4, -0.2) is 0 Å². The summed E-state index contributed by atoms with van der Waals surface area (Å²) in [6.45, 7) is 20.6. The molecule has 4 bridgehead atoms. The molecule has 4 aliphatic carbocycles. The minimum atomic E-state index is 0.0522. The summed E-state index contributed by atoms with van der Waals surface area (Å²) >= 11 is 0. The van der Waals surface area contributed by atoms with Gasteiger partial charge in [0, 0.05) is 0 Å². The quantitative estimate of drug-likeness (QED) is 0.366. The van der Waals surface area contributed by atoms with E-state index in [1.165, 1.54) is 43.2 Å². The predicted molar refractivity (Wildman–Crippen MR) is 155 cm³/mol. The fourth-order valence-corrected chi connectivity index (χ4v) is 9.66. The van der Waals surface area contributed by atoms with Gasteiger partial charge in [-0.3, -0.25) is 0 Å². The van der Waals surface area contributed by atoms with Gasteiger partial charge in [0.2, 0.25) is 0 Å². The maximum atomic E-state index is 9.25. The molecular weight excluding hydrogens is 480 g/mol. The van der Waals surface area contributed by atoms with Gasteiger partial charge in [-0.25, -0.2) is 0 Å². The zero-order valence-electron chi connectivity index (χ0n) is 25.3. The summed E-state index contributed by atoms with van der Waals surface area (Å²) in [4.78, 5) is 0. The predicted octanol–water partition coefficient (Wildman–Crippen LogP) is 8.87. The summed E-state index contributed by atoms with van der Waals surface area (Å²) in [7, 11) is 0. The third kappa shape index (κ3) is 3.97. The molecule has 0 saturated heterocycles. The number of nitrogens with zero attached hydrogens (tertiary/aromatic N) is 2. The molecule has 39 heavy (non-hydrogen) atoms. The van der Waals surface area contributed by atoms with E-state index in [2.05, 4.69) is 86.6 Å². The molecular formula is C35H44N2O2. The van der Waals surface area contributed by atoms with E-state index in [9.17, 15) is 10.5 Å². The van der Waals surface area contributed by atoms with Gasteiger partial charge in [0.25, 0.3) is 12.5 Å². The lowest BCUT2D eigenvalue weighted by molar-refractivity contribution is -0.196. The Kier molecular flexibility index (Phi) is 6.20. The molecule has 4 nitrogen and oxygen atoms in total. The van der Waals surface area contributed by atoms with Gasteiger partial charge in [-0.15, -0.1) is 10.5 Å². The molecule has 4 heteroatoms. The molecule has 0 aliphatic heterocycles. The molecule has 0 spiro atoms. The number of hydrogen-bond acceptors (Lipinski definition) is 4. The summed E-state index contributed by atoms with van der Waals surface area (Å²) in [6.07, 6.45) is 11.0. The van der Waals surface area contributed by atoms with Crippen molar-refractivity contribution < 1.29 is 9.47 Å². The van der Waals surface area contributed by atoms with E-state index in [4.69, 9.17) is 9.47 Å². The average molecular weight is 525 g/mol. The van der Waals surface area contributed by atoms with Gasteiger partial charge in [0.15, 0.2) is 0 Å². The number of nitriles is 2. The first-order valence-corrected chi connectivity index (χ1v) is 14.5. The van der Waals surface area contributed by atoms with E-state index in [1.807, 2.05) is 12.5 Å². The van der Waals surface area contributed by atoms with Gasteiger partial charge in [-0.1, -0.05) is 58.9 Å². The Hall–Kier alpha value is -2.98. The summed E-state index contributed by atoms with van der Waals surface area (Å²) in [5.41, 5.74) is 7.74. The molecule has 2 atom stereocenters. The summed E-state index contributed by atoms with van der Waals surface area (Å²) in [5.74, 6) is 1.97. The van der Waals surface area contributed by atoms with Gasteiger partial charge >= 0.3 is 0 Å². The first-order valence-electron chi connectivity index (χ1n) is 14.5. The minimum Gasteiger partial charge on any atom is -0.387 e. The zero-order chi connectivity index (χ0) is 28.6. The number of aryl methyl sites for hydroxylation is 4. The molecule has 206 valence electrons. The van der Waals surface area contributed by atoms with E-state index in [-0.39, 0.29) is 27.1 Å². The molecule has 2 unspecified atom stereocenters. The summed E-state index contributed by atoms with van der Waals surface area (Å²) in [6, 6.07) is 9.30. The van der Waals surface area contributed by atoms with E-state index in [0.717, 1.165) is 28.7 Å². The van der Waals surface area contributed by atoms with Crippen LogP contribution in [0.15, 0.2) is 24.3 Å². The highest BCUT2D eigenvalue weighted by molar-refractivity contribution is 5.51. The summed E-state index contributed by atoms with van der Waals surface area (Å²) in [5, 5.41) is 18.5. The average Bonchev–Trinajstić information content (AvgIpc) is 2.82. The molecule has 4 aliphatic rings. The second kappa shape index (κ2) is 8.76. The SMILES string of the molecule is Cc1cc(C23CC4(c5cc(C)c(OC#N)c(C)c5)CC(C(C)C)(C2)CC(C(C)(C)C)(C3)C4)cc(C)c1OC#N. The first kappa shape index (κ1) is 27.6. The molecule has 2 aromatic carbocycles. The second-order valence-electron chi connectivity index (χ2n) is 14.9. The van der Waals surface area contributed by atoms with Crippen molar-refractivity contribution in [2.24, 2.45) is 22.2 Å². The third-order valence-corrected chi connectivity index (χ3v) is 11.4. The van der Waals surface area contributed by atoms with Crippen LogP contribution in [0.5, 0.6) is 11.5 Å². The van der Waals surface area contributed by atoms with Crippen molar-refractivity contribution in [1.29, 1.82) is 10.5 Å². The Morgan fingerprint density at radius 1 is 0.667 bits per heavy atom. The van der Waals surface area contributed by atoms with E-state index < -0.39 is 0 Å². The highest BCUT2D eigenvalue weighted by Crippen LogP contribution is 2.78. The highest BCUT2D eigenvalue weighted by atomic mass is 16.5. The molecule has 0 amide bonds. The van der Waals surface area contributed by atoms with Crippen molar-refractivity contribution >= 4 is 0 Å². The van der Waals surface area contributed by atoms with Crippen LogP contribution in [0.4, 0.5) is 0 Å². The van der Waals surface area contributed by atoms with Crippen LogP contribution in [0.2, 0.25) is 0 Å². The maximum Gasteiger partial charge on any atom is 0.292 e. The molecule has 0 radical (unpaired) electrons. The lowest BCUT2D eigenvalue weighted by Crippen LogP contribution is -2.68. The highest BCUT2D eigenvalue weighted by Gasteiger charge is 2.71. The Labute approximate surface area is 235 Å². The normalized spacial score (nSPS) is 31.2. The number of rotatable bonds is 5. The molecule has 2 aromatic rings. The van der Waals surface area contributed by atoms with E-state index in [0.29, 0.717) is 17.4 Å². The van der Waals surface area contributed by atoms with Crippen LogP contribution in [0.3, 0.4) is 0 Å². The molecule has 6 rings (SSSR count). The Morgan fingerprint density at radius 2 is 1.05 bits per heavy atom. The number of benzene rings is 2. The van der Waals surface area contributed by atoms with Crippen molar-refractivity contribution in [3.05, 3.63) is 57.6 Å². The lowest BCUT2D eigenvalue weighted by Gasteiger charge is -2.75. The Bertz CT molecular complexity index is 1280. The number of hydrogen-bond donors (Lipinski definition) is 0. The van der Waals surface area contributed by atoms with Crippen molar-refractivity contribution in [2.75, 3.05) is 0 Å². The molecule has 0 heterocycles. The van der Waals surface area contributed by atoms with Gasteiger partial charge in [0.1, 0.15) is 11.5 Å². The van der Waals surface area contributed by atoms with E-state index >= 15 is 0 Å². The Balaban J connectivity index is 1.78. The summed E-state index contributed by atoms with van der Waals surface area (Å²) < 4.78 is 10.8. The van der Waals surface area contributed by atoms with Crippen LogP contribution in [-0.2, 0) is 10.8 Å². The first-order chi connectivity index (χ1) is 18.2. The Morgan fingerprint density at radius 3 is 1.36 bits per heavy atom. The monoisotopic (exact) mass is 524 g/mol. The van der Waals surface area contributed by atoms with Crippen molar-refractivity contribution in [3.8, 4) is 24.0 Å². The van der Waals surface area contributed by atoms with Crippen LogP contribution in [0.25, 0.3) is 0 Å². The van der Waals surface area contributed by atoms with E-state index in [1.54, 1.807) is 0 Å². The second-order valence-corrected chi connectivity index (χ2v) is 14.9. The van der Waals surface area contributed by atoms with Crippen molar-refractivity contribution in [3.63, 3.8) is 0 Å². The van der Waals surface area contributed by atoms with Crippen LogP contribution >= 0.6 is 0 Å². The number of ether oxygens (including phenoxy) is 2. The van der Waals surface area contributed by atoms with Gasteiger partial charge in [-0.2, -0.15) is 0 Å². The fourth-order valence-electron chi connectivity index (χ4n) is 9.66. The van der Waals surface area contributed by atoms with Crippen LogP contribution < -0.4 is 9.47 Å². The molecule has 4 saturated carbocycles. The van der Waals surface area contributed by atoms with Gasteiger partial charge < -0.3 is 9.47 Å². The maximum absolute atomic E-state index is 9.25. The zero-order valence-corrected chi connectivity index (χ0v) is 25.3. The minimum absolute atomic E-state index is 0.0522. The van der Waals surface area contributed by atoms with Crippen molar-refractivity contribution in [2.45, 2.75) is 112 Å². The van der Waals surface area contributed by atoms with Gasteiger partial charge in [-0.05, 0) is 133 Å². The van der Waals surface area contributed by atoms with Crippen LogP contribution in [0.1, 0.15) is 107 Å². The topological polar surface area (TPSA) is 66.0 Å².